The second kappa shape index (κ2) is 5.31. The third kappa shape index (κ3) is 2.92. The number of hydrogen-bond donors (Lipinski definition) is 2. The average Bonchev–Trinajstić information content (AvgIpc) is 2.27. The van der Waals surface area contributed by atoms with Gasteiger partial charge in [-0.25, -0.2) is 4.39 Å². The van der Waals surface area contributed by atoms with Crippen LogP contribution in [0.25, 0.3) is 0 Å². The van der Waals surface area contributed by atoms with Gasteiger partial charge < -0.3 is 15.8 Å². The van der Waals surface area contributed by atoms with Crippen LogP contribution < -0.4 is 15.8 Å². The van der Waals surface area contributed by atoms with Gasteiger partial charge >= 0.3 is 0 Å². The van der Waals surface area contributed by atoms with Crippen molar-refractivity contribution in [3.63, 3.8) is 0 Å². The summed E-state index contributed by atoms with van der Waals surface area (Å²) in [7, 11) is 1.39. The molecule has 3 N–H and O–H groups in total. The number of benzene rings is 1. The Morgan fingerprint density at radius 3 is 2.93 bits per heavy atom. The molecule has 1 amide bonds. The number of nitrogens with two attached hydrogens (primary N) is 1. The van der Waals surface area contributed by atoms with E-state index in [1.165, 1.54) is 13.2 Å². The number of carbonyl (C=O) groups excluding carboxylic acids is 1. The summed E-state index contributed by atoms with van der Waals surface area (Å²) in [4.78, 5) is 10.9. The molecule has 0 aromatic heterocycles. The van der Waals surface area contributed by atoms with E-state index >= 15 is 0 Å². The number of nitrogens with one attached hydrogen (secondary N) is 1. The number of ether oxygens (including phenoxy) is 1. The zero-order valence-corrected chi connectivity index (χ0v) is 8.42. The topological polar surface area (TPSA) is 64.3 Å². The molecule has 0 bridgehead atoms. The standard InChI is InChI=1S/C10H13FN2O2/c1-15-8-4-2-3-7(10(8)11)6-13-9(14)5-12/h2-4H,5-6,12H2,1H3,(H,13,14). The Bertz CT molecular complexity index is 355. The lowest BCUT2D eigenvalue weighted by atomic mass is 10.2. The summed E-state index contributed by atoms with van der Waals surface area (Å²) in [6.45, 7) is 0.00462. The molecule has 0 unspecified atom stereocenters. The van der Waals surface area contributed by atoms with Crippen molar-refractivity contribution in [1.82, 2.24) is 5.32 Å². The molecule has 1 aromatic rings. The van der Waals surface area contributed by atoms with Gasteiger partial charge in [0.05, 0.1) is 13.7 Å². The predicted octanol–water partition coefficient (Wildman–Crippen LogP) is 0.409. The highest BCUT2D eigenvalue weighted by Crippen LogP contribution is 2.19. The molecule has 4 nitrogen and oxygen atoms in total. The van der Waals surface area contributed by atoms with Crippen molar-refractivity contribution >= 4 is 5.91 Å². The Hall–Kier alpha value is -1.62. The van der Waals surface area contributed by atoms with Crippen LogP contribution in [0.3, 0.4) is 0 Å². The van der Waals surface area contributed by atoms with E-state index in [0.29, 0.717) is 5.56 Å². The van der Waals surface area contributed by atoms with E-state index in [2.05, 4.69) is 5.32 Å². The van der Waals surface area contributed by atoms with Gasteiger partial charge in [-0.3, -0.25) is 4.79 Å². The van der Waals surface area contributed by atoms with Gasteiger partial charge in [0.1, 0.15) is 0 Å². The van der Waals surface area contributed by atoms with Crippen LogP contribution in [0, 0.1) is 5.82 Å². The van der Waals surface area contributed by atoms with E-state index < -0.39 is 5.82 Å². The van der Waals surface area contributed by atoms with Gasteiger partial charge in [0, 0.05) is 12.1 Å². The summed E-state index contributed by atoms with van der Waals surface area (Å²) in [6.07, 6.45) is 0. The van der Waals surface area contributed by atoms with E-state index in [0.717, 1.165) is 0 Å². The minimum atomic E-state index is -0.461. The minimum Gasteiger partial charge on any atom is -0.494 e. The molecule has 0 atom stereocenters. The van der Waals surface area contributed by atoms with Crippen LogP contribution in [0.2, 0.25) is 0 Å². The molecule has 0 spiro atoms. The van der Waals surface area contributed by atoms with Gasteiger partial charge in [0.15, 0.2) is 11.6 Å². The maximum Gasteiger partial charge on any atom is 0.234 e. The maximum absolute atomic E-state index is 13.5. The SMILES string of the molecule is COc1cccc(CNC(=O)CN)c1F. The smallest absolute Gasteiger partial charge is 0.234 e. The second-order valence-electron chi connectivity index (χ2n) is 2.91. The molecule has 0 saturated carbocycles. The van der Waals surface area contributed by atoms with Gasteiger partial charge in [-0.05, 0) is 6.07 Å². The van der Waals surface area contributed by atoms with Gasteiger partial charge in [-0.2, -0.15) is 0 Å². The van der Waals surface area contributed by atoms with Crippen LogP contribution in [0.1, 0.15) is 5.56 Å². The summed E-state index contributed by atoms with van der Waals surface area (Å²) in [5, 5.41) is 2.48. The third-order valence-corrected chi connectivity index (χ3v) is 1.92. The van der Waals surface area contributed by atoms with Crippen molar-refractivity contribution in [1.29, 1.82) is 0 Å². The monoisotopic (exact) mass is 212 g/mol. The molecule has 5 heteroatoms. The normalized spacial score (nSPS) is 9.80. The highest BCUT2D eigenvalue weighted by atomic mass is 19.1. The molecule has 0 aliphatic heterocycles. The fourth-order valence-corrected chi connectivity index (χ4v) is 1.12. The van der Waals surface area contributed by atoms with E-state index in [9.17, 15) is 9.18 Å². The van der Waals surface area contributed by atoms with E-state index in [1.807, 2.05) is 0 Å². The number of rotatable bonds is 4. The molecule has 0 fully saturated rings. The number of methoxy groups -OCH3 is 1. The molecule has 1 rings (SSSR count). The maximum atomic E-state index is 13.5. The number of halogens is 1. The molecule has 0 radical (unpaired) electrons. The number of hydrogen-bond acceptors (Lipinski definition) is 3. The first-order valence-corrected chi connectivity index (χ1v) is 4.47. The predicted molar refractivity (Wildman–Crippen MR) is 53.9 cm³/mol. The molecular weight excluding hydrogens is 199 g/mol. The highest BCUT2D eigenvalue weighted by Gasteiger charge is 2.08. The summed E-state index contributed by atoms with van der Waals surface area (Å²) in [6, 6.07) is 4.75. The lowest BCUT2D eigenvalue weighted by molar-refractivity contribution is -0.119. The van der Waals surface area contributed by atoms with Gasteiger partial charge in [0.2, 0.25) is 5.91 Å². The van der Waals surface area contributed by atoms with Crippen molar-refractivity contribution in [2.45, 2.75) is 6.54 Å². The Kier molecular flexibility index (Phi) is 4.05. The number of amides is 1. The molecule has 0 saturated heterocycles. The first-order valence-electron chi connectivity index (χ1n) is 4.47. The molecule has 0 heterocycles. The Morgan fingerprint density at radius 1 is 1.60 bits per heavy atom. The average molecular weight is 212 g/mol. The van der Waals surface area contributed by atoms with Crippen molar-refractivity contribution in [3.05, 3.63) is 29.6 Å². The lowest BCUT2D eigenvalue weighted by Crippen LogP contribution is -2.30. The van der Waals surface area contributed by atoms with Crippen molar-refractivity contribution in [3.8, 4) is 5.75 Å². The van der Waals surface area contributed by atoms with Crippen LogP contribution in [-0.4, -0.2) is 19.6 Å². The van der Waals surface area contributed by atoms with Crippen LogP contribution in [0.5, 0.6) is 5.75 Å². The van der Waals surface area contributed by atoms with Crippen LogP contribution in [-0.2, 0) is 11.3 Å². The quantitative estimate of drug-likeness (QED) is 0.759. The molecular formula is C10H13FN2O2. The summed E-state index contributed by atoms with van der Waals surface area (Å²) < 4.78 is 18.3. The fraction of sp³-hybridized carbons (Fsp3) is 0.300. The third-order valence-electron chi connectivity index (χ3n) is 1.92. The molecule has 15 heavy (non-hydrogen) atoms. The number of carbonyl (C=O) groups is 1. The Balaban J connectivity index is 2.73. The molecule has 0 aliphatic carbocycles. The zero-order chi connectivity index (χ0) is 11.3. The summed E-state index contributed by atoms with van der Waals surface area (Å²) in [5.41, 5.74) is 5.47. The highest BCUT2D eigenvalue weighted by molar-refractivity contribution is 5.77. The molecule has 82 valence electrons. The largest absolute Gasteiger partial charge is 0.494 e. The van der Waals surface area contributed by atoms with Gasteiger partial charge in [0.25, 0.3) is 0 Å². The van der Waals surface area contributed by atoms with Crippen molar-refractivity contribution < 1.29 is 13.9 Å². The van der Waals surface area contributed by atoms with E-state index in [-0.39, 0.29) is 24.7 Å². The lowest BCUT2D eigenvalue weighted by Gasteiger charge is -2.07. The summed E-state index contributed by atoms with van der Waals surface area (Å²) >= 11 is 0. The van der Waals surface area contributed by atoms with Crippen LogP contribution >= 0.6 is 0 Å². The fourth-order valence-electron chi connectivity index (χ4n) is 1.12. The summed E-state index contributed by atoms with van der Waals surface area (Å²) in [5.74, 6) is -0.621. The van der Waals surface area contributed by atoms with E-state index in [1.54, 1.807) is 12.1 Å². The first kappa shape index (κ1) is 11.5. The van der Waals surface area contributed by atoms with Gasteiger partial charge in [-0.1, -0.05) is 12.1 Å². The Labute approximate surface area is 87.2 Å². The van der Waals surface area contributed by atoms with Crippen LogP contribution in [0.15, 0.2) is 18.2 Å². The van der Waals surface area contributed by atoms with E-state index in [4.69, 9.17) is 10.5 Å². The van der Waals surface area contributed by atoms with Crippen LogP contribution in [0.4, 0.5) is 4.39 Å². The zero-order valence-electron chi connectivity index (χ0n) is 8.42. The van der Waals surface area contributed by atoms with Crippen molar-refractivity contribution in [2.24, 2.45) is 5.73 Å². The second-order valence-corrected chi connectivity index (χ2v) is 2.91. The molecule has 0 aliphatic rings. The molecule has 1 aromatic carbocycles. The Morgan fingerprint density at radius 2 is 2.33 bits per heavy atom. The minimum absolute atomic E-state index is 0.106. The first-order chi connectivity index (χ1) is 7.19. The van der Waals surface area contributed by atoms with Crippen molar-refractivity contribution in [2.75, 3.05) is 13.7 Å². The van der Waals surface area contributed by atoms with Gasteiger partial charge in [-0.15, -0.1) is 0 Å².